The SMILES string of the molecule is CC1(C)OCC(c2ccc3c(c2)OCC2C(c4onc(-c5ccccc5)c4C(F)(F)F)=NOC32N2CCOCC2)O1. The van der Waals surface area contributed by atoms with Crippen molar-refractivity contribution in [2.75, 3.05) is 39.5 Å². The Bertz CT molecular complexity index is 1480. The third-order valence-corrected chi connectivity index (χ3v) is 8.00. The Morgan fingerprint density at radius 2 is 1.78 bits per heavy atom. The lowest BCUT2D eigenvalue weighted by Crippen LogP contribution is -2.58. The molecule has 0 saturated carbocycles. The lowest BCUT2D eigenvalue weighted by atomic mass is 9.80. The summed E-state index contributed by atoms with van der Waals surface area (Å²) in [5, 5.41) is 8.12. The van der Waals surface area contributed by atoms with E-state index in [1.807, 2.05) is 32.0 Å². The molecule has 2 fully saturated rings. The van der Waals surface area contributed by atoms with Crippen LogP contribution in [0.15, 0.2) is 58.2 Å². The van der Waals surface area contributed by atoms with Crippen molar-refractivity contribution in [3.05, 3.63) is 71.0 Å². The summed E-state index contributed by atoms with van der Waals surface area (Å²) in [5.74, 6) is -1.36. The fourth-order valence-electron chi connectivity index (χ4n) is 6.10. The second-order valence-corrected chi connectivity index (χ2v) is 10.9. The summed E-state index contributed by atoms with van der Waals surface area (Å²) in [6.45, 7) is 5.98. The van der Waals surface area contributed by atoms with Crippen LogP contribution >= 0.6 is 0 Å². The number of ether oxygens (including phenoxy) is 4. The zero-order valence-corrected chi connectivity index (χ0v) is 22.4. The molecule has 1 aromatic heterocycles. The summed E-state index contributed by atoms with van der Waals surface area (Å²) in [4.78, 5) is 8.28. The maximum Gasteiger partial charge on any atom is 0.422 e. The van der Waals surface area contributed by atoms with Gasteiger partial charge < -0.3 is 28.3 Å². The molecule has 9 nitrogen and oxygen atoms in total. The summed E-state index contributed by atoms with van der Waals surface area (Å²) in [7, 11) is 0. The highest BCUT2D eigenvalue weighted by atomic mass is 19.4. The lowest BCUT2D eigenvalue weighted by Gasteiger charge is -2.46. The molecule has 0 amide bonds. The average molecular weight is 572 g/mol. The van der Waals surface area contributed by atoms with Gasteiger partial charge in [-0.05, 0) is 31.5 Å². The highest BCUT2D eigenvalue weighted by Crippen LogP contribution is 2.53. The first kappa shape index (κ1) is 26.4. The van der Waals surface area contributed by atoms with Crippen molar-refractivity contribution in [2.45, 2.75) is 37.6 Å². The van der Waals surface area contributed by atoms with Crippen LogP contribution in [0, 0.1) is 5.92 Å². The molecule has 7 rings (SSSR count). The van der Waals surface area contributed by atoms with E-state index in [9.17, 15) is 13.2 Å². The molecule has 0 radical (unpaired) electrons. The molecule has 4 aliphatic rings. The number of halogens is 3. The zero-order chi connectivity index (χ0) is 28.4. The van der Waals surface area contributed by atoms with Gasteiger partial charge in [-0.2, -0.15) is 13.2 Å². The number of alkyl halides is 3. The van der Waals surface area contributed by atoms with Crippen molar-refractivity contribution in [3.63, 3.8) is 0 Å². The average Bonchev–Trinajstić information content (AvgIpc) is 3.68. The Labute approximate surface area is 233 Å². The normalized spacial score (nSPS) is 27.5. The molecule has 41 heavy (non-hydrogen) atoms. The molecule has 0 spiro atoms. The van der Waals surface area contributed by atoms with Crippen LogP contribution in [0.2, 0.25) is 0 Å². The van der Waals surface area contributed by atoms with Crippen LogP contribution in [0.3, 0.4) is 0 Å². The molecule has 0 bridgehead atoms. The van der Waals surface area contributed by atoms with E-state index >= 15 is 0 Å². The second-order valence-electron chi connectivity index (χ2n) is 10.9. The van der Waals surface area contributed by atoms with Crippen molar-refractivity contribution in [1.29, 1.82) is 0 Å². The maximum atomic E-state index is 14.6. The van der Waals surface area contributed by atoms with Crippen LogP contribution in [0.25, 0.3) is 11.3 Å². The standard InChI is InChI=1S/C29H28F3N3O6/c1-27(2)38-16-22(39-27)18-8-9-19-21(14-18)37-15-20-25(34-41-28(19,20)35-10-12-36-13-11-35)26-23(29(30,31)32)24(33-40-26)17-6-4-3-5-7-17/h3-9,14,20,22H,10-13,15-16H2,1-2H3. The smallest absolute Gasteiger partial charge is 0.422 e. The Morgan fingerprint density at radius 3 is 2.49 bits per heavy atom. The van der Waals surface area contributed by atoms with Crippen molar-refractivity contribution in [3.8, 4) is 17.0 Å². The maximum absolute atomic E-state index is 14.6. The van der Waals surface area contributed by atoms with Crippen molar-refractivity contribution in [2.24, 2.45) is 11.1 Å². The third kappa shape index (κ3) is 4.32. The van der Waals surface area contributed by atoms with Gasteiger partial charge >= 0.3 is 6.18 Å². The number of nitrogens with zero attached hydrogens (tertiary/aromatic N) is 3. The Morgan fingerprint density at radius 1 is 1.00 bits per heavy atom. The molecule has 3 unspecified atom stereocenters. The molecular weight excluding hydrogens is 543 g/mol. The number of fused-ring (bicyclic) bond motifs is 3. The molecular formula is C29H28F3N3O6. The van der Waals surface area contributed by atoms with E-state index < -0.39 is 34.9 Å². The fourth-order valence-corrected chi connectivity index (χ4v) is 6.10. The van der Waals surface area contributed by atoms with Gasteiger partial charge in [0.2, 0.25) is 5.72 Å². The van der Waals surface area contributed by atoms with E-state index in [2.05, 4.69) is 15.2 Å². The topological polar surface area (TPSA) is 87.8 Å². The van der Waals surface area contributed by atoms with Crippen molar-refractivity contribution in [1.82, 2.24) is 10.1 Å². The molecule has 2 aromatic carbocycles. The van der Waals surface area contributed by atoms with E-state index in [1.165, 1.54) is 0 Å². The van der Waals surface area contributed by atoms with Crippen LogP contribution in [-0.4, -0.2) is 61.1 Å². The summed E-state index contributed by atoms with van der Waals surface area (Å²) in [5.41, 5.74) is -0.705. The number of hydrogen-bond donors (Lipinski definition) is 0. The largest absolute Gasteiger partial charge is 0.492 e. The predicted octanol–water partition coefficient (Wildman–Crippen LogP) is 5.11. The van der Waals surface area contributed by atoms with Gasteiger partial charge in [0.1, 0.15) is 41.3 Å². The van der Waals surface area contributed by atoms with Gasteiger partial charge in [0, 0.05) is 18.7 Å². The monoisotopic (exact) mass is 571 g/mol. The number of rotatable bonds is 4. The quantitative estimate of drug-likeness (QED) is 0.427. The van der Waals surface area contributed by atoms with Gasteiger partial charge in [-0.15, -0.1) is 0 Å². The summed E-state index contributed by atoms with van der Waals surface area (Å²) < 4.78 is 72.7. The number of morpholine rings is 1. The molecule has 3 aromatic rings. The van der Waals surface area contributed by atoms with Crippen LogP contribution in [0.1, 0.15) is 42.4 Å². The minimum atomic E-state index is -4.76. The zero-order valence-electron chi connectivity index (χ0n) is 22.4. The molecule has 0 aliphatic carbocycles. The summed E-state index contributed by atoms with van der Waals surface area (Å²) in [6, 6.07) is 13.8. The van der Waals surface area contributed by atoms with E-state index in [4.69, 9.17) is 28.3 Å². The first-order valence-electron chi connectivity index (χ1n) is 13.5. The summed E-state index contributed by atoms with van der Waals surface area (Å²) in [6.07, 6.45) is -5.04. The number of oxime groups is 1. The second kappa shape index (κ2) is 9.55. The minimum Gasteiger partial charge on any atom is -0.492 e. The lowest BCUT2D eigenvalue weighted by molar-refractivity contribution is -0.201. The molecule has 0 N–H and O–H groups in total. The van der Waals surface area contributed by atoms with Crippen LogP contribution in [0.4, 0.5) is 13.2 Å². The molecule has 12 heteroatoms. The molecule has 216 valence electrons. The fraction of sp³-hybridized carbons (Fsp3) is 0.448. The highest BCUT2D eigenvalue weighted by molar-refractivity contribution is 6.04. The molecule has 5 heterocycles. The summed E-state index contributed by atoms with van der Waals surface area (Å²) >= 11 is 0. The molecule has 3 atom stereocenters. The first-order valence-corrected chi connectivity index (χ1v) is 13.5. The van der Waals surface area contributed by atoms with E-state index in [1.54, 1.807) is 30.3 Å². The first-order chi connectivity index (χ1) is 19.7. The van der Waals surface area contributed by atoms with Crippen LogP contribution < -0.4 is 4.74 Å². The van der Waals surface area contributed by atoms with E-state index in [-0.39, 0.29) is 29.7 Å². The minimum absolute atomic E-state index is 0.00232. The molecule has 4 aliphatic heterocycles. The van der Waals surface area contributed by atoms with Crippen LogP contribution in [0.5, 0.6) is 5.75 Å². The van der Waals surface area contributed by atoms with Gasteiger partial charge in [0.05, 0.1) is 25.4 Å². The number of benzene rings is 2. The van der Waals surface area contributed by atoms with Gasteiger partial charge in [0.25, 0.3) is 0 Å². The Hall–Kier alpha value is -3.45. The number of hydrogen-bond acceptors (Lipinski definition) is 9. The van der Waals surface area contributed by atoms with Crippen molar-refractivity contribution >= 4 is 5.71 Å². The van der Waals surface area contributed by atoms with Gasteiger partial charge in [0.15, 0.2) is 11.5 Å². The third-order valence-electron chi connectivity index (χ3n) is 8.00. The van der Waals surface area contributed by atoms with Crippen molar-refractivity contribution < 1.29 is 41.5 Å². The van der Waals surface area contributed by atoms with Gasteiger partial charge in [-0.1, -0.05) is 46.7 Å². The Balaban J connectivity index is 1.31. The predicted molar refractivity (Wildman–Crippen MR) is 138 cm³/mol. The highest BCUT2D eigenvalue weighted by Gasteiger charge is 2.61. The Kier molecular flexibility index (Phi) is 6.16. The number of aromatic nitrogens is 1. The van der Waals surface area contributed by atoms with Gasteiger partial charge in [-0.25, -0.2) is 0 Å². The van der Waals surface area contributed by atoms with Gasteiger partial charge in [-0.3, -0.25) is 4.90 Å². The molecule has 2 saturated heterocycles. The van der Waals surface area contributed by atoms with Crippen LogP contribution in [-0.2, 0) is 30.9 Å². The van der Waals surface area contributed by atoms with E-state index in [0.717, 1.165) is 5.56 Å². The van der Waals surface area contributed by atoms with E-state index in [0.29, 0.717) is 44.2 Å².